The molecular weight excluding hydrogens is 457 g/mol. The van der Waals surface area contributed by atoms with Crippen LogP contribution in [-0.2, 0) is 16.4 Å². The van der Waals surface area contributed by atoms with Gasteiger partial charge in [-0.05, 0) is 0 Å². The first-order valence-corrected chi connectivity index (χ1v) is 13.4. The van der Waals surface area contributed by atoms with Crippen LogP contribution in [0.1, 0.15) is 11.1 Å². The van der Waals surface area contributed by atoms with E-state index < -0.39 is 10.0 Å². The van der Waals surface area contributed by atoms with Crippen molar-refractivity contribution in [3.05, 3.63) is 109 Å². The van der Waals surface area contributed by atoms with Crippen molar-refractivity contribution in [1.29, 1.82) is 0 Å². The molecule has 30 heavy (non-hydrogen) atoms. The van der Waals surface area contributed by atoms with Gasteiger partial charge < -0.3 is 0 Å². The monoisotopic (exact) mass is 485 g/mol. The van der Waals surface area contributed by atoms with Gasteiger partial charge in [0.2, 0.25) is 0 Å². The normalized spacial score (nSPS) is 12.6. The van der Waals surface area contributed by atoms with E-state index in [1.807, 2.05) is 55.5 Å². The molecule has 0 aliphatic heterocycles. The van der Waals surface area contributed by atoms with E-state index in [1.165, 1.54) is 4.46 Å². The van der Waals surface area contributed by atoms with Gasteiger partial charge in [0.1, 0.15) is 0 Å². The fourth-order valence-corrected chi connectivity index (χ4v) is 7.23. The second-order valence-corrected chi connectivity index (χ2v) is 11.3. The molecule has 0 radical (unpaired) electrons. The van der Waals surface area contributed by atoms with Gasteiger partial charge in [0.05, 0.1) is 0 Å². The molecule has 0 fully saturated rings. The number of benzene rings is 3. The molecule has 156 valence electrons. The predicted molar refractivity (Wildman–Crippen MR) is 126 cm³/mol. The average Bonchev–Trinajstić information content (AvgIpc) is 2.77. The van der Waals surface area contributed by atoms with Crippen LogP contribution in [0.25, 0.3) is 0 Å². The molecule has 1 atom stereocenters. The number of aryl methyl sites for hydroxylation is 1. The summed E-state index contributed by atoms with van der Waals surface area (Å²) in [5.74, 6) is 0. The van der Waals surface area contributed by atoms with Crippen molar-refractivity contribution < 1.29 is 8.42 Å². The Morgan fingerprint density at radius 3 is 2.13 bits per heavy atom. The van der Waals surface area contributed by atoms with Crippen LogP contribution >= 0.6 is 0 Å². The summed E-state index contributed by atoms with van der Waals surface area (Å²) in [6, 6.07) is 27.4. The van der Waals surface area contributed by atoms with Crippen molar-refractivity contribution >= 4 is 29.4 Å². The minimum absolute atomic E-state index is 0.142. The van der Waals surface area contributed by atoms with Crippen LogP contribution in [0.5, 0.6) is 0 Å². The van der Waals surface area contributed by atoms with Crippen molar-refractivity contribution in [1.82, 2.24) is 4.31 Å². The Morgan fingerprint density at radius 2 is 1.53 bits per heavy atom. The van der Waals surface area contributed by atoms with Gasteiger partial charge in [0.25, 0.3) is 0 Å². The van der Waals surface area contributed by atoms with Crippen LogP contribution in [-0.4, -0.2) is 40.3 Å². The van der Waals surface area contributed by atoms with Crippen molar-refractivity contribution in [3.8, 4) is 0 Å². The van der Waals surface area contributed by atoms with Gasteiger partial charge in [-0.25, -0.2) is 0 Å². The van der Waals surface area contributed by atoms with E-state index >= 15 is 0 Å². The van der Waals surface area contributed by atoms with Crippen LogP contribution in [0.2, 0.25) is 5.32 Å². The molecule has 3 aromatic carbocycles. The first-order chi connectivity index (χ1) is 14.5. The van der Waals surface area contributed by atoms with Crippen LogP contribution in [0.15, 0.2) is 102 Å². The second-order valence-electron chi connectivity index (χ2n) is 7.14. The Bertz CT molecular complexity index is 1040. The Labute approximate surface area is 186 Å². The zero-order valence-electron chi connectivity index (χ0n) is 17.1. The van der Waals surface area contributed by atoms with Gasteiger partial charge in [0.15, 0.2) is 0 Å². The zero-order valence-corrected chi connectivity index (χ0v) is 19.7. The first-order valence-electron chi connectivity index (χ1n) is 9.92. The number of sulfonamides is 1. The fraction of sp³-hybridized carbons (Fsp3) is 0.200. The zero-order chi connectivity index (χ0) is 21.4. The van der Waals surface area contributed by atoms with Crippen molar-refractivity contribution in [2.45, 2.75) is 29.6 Å². The van der Waals surface area contributed by atoms with Gasteiger partial charge in [-0.1, -0.05) is 0 Å². The summed E-state index contributed by atoms with van der Waals surface area (Å²) in [4.78, 5) is 0.334. The molecule has 5 heteroatoms. The van der Waals surface area contributed by atoms with E-state index in [2.05, 4.69) is 30.8 Å². The van der Waals surface area contributed by atoms with Crippen molar-refractivity contribution in [3.63, 3.8) is 0 Å². The number of nitrogens with zero attached hydrogens (tertiary/aromatic N) is 1. The summed E-state index contributed by atoms with van der Waals surface area (Å²) in [7, 11) is -3.63. The van der Waals surface area contributed by atoms with Gasteiger partial charge in [0, 0.05) is 0 Å². The van der Waals surface area contributed by atoms with E-state index in [4.69, 9.17) is 0 Å². The Hall–Kier alpha value is -2.17. The van der Waals surface area contributed by atoms with E-state index in [-0.39, 0.29) is 21.0 Å². The van der Waals surface area contributed by atoms with Crippen molar-refractivity contribution in [2.75, 3.05) is 6.54 Å². The third-order valence-electron chi connectivity index (χ3n) is 4.84. The molecule has 0 bridgehead atoms. The summed E-state index contributed by atoms with van der Waals surface area (Å²) >= 11 is 0.170. The topological polar surface area (TPSA) is 37.4 Å². The van der Waals surface area contributed by atoms with Gasteiger partial charge in [-0.15, -0.1) is 0 Å². The summed E-state index contributed by atoms with van der Waals surface area (Å²) < 4.78 is 30.0. The van der Waals surface area contributed by atoms with E-state index in [9.17, 15) is 8.42 Å². The van der Waals surface area contributed by atoms with Crippen molar-refractivity contribution in [2.24, 2.45) is 0 Å². The molecular formula is C25H27NO2SSe. The van der Waals surface area contributed by atoms with E-state index in [0.717, 1.165) is 16.4 Å². The standard InChI is InChI=1S/C25H27NO2SSe/c1-3-18-26(29(27,28)24-16-14-21(2)15-17-24)23(19-22-10-6-4-7-11-22)20-30-25-12-8-5-9-13-25/h3-17,23H,1,18-20H2,2H3. The second kappa shape index (κ2) is 10.7. The van der Waals surface area contributed by atoms with E-state index in [1.54, 1.807) is 22.5 Å². The molecule has 0 aliphatic rings. The molecule has 0 N–H and O–H groups in total. The van der Waals surface area contributed by atoms with Crippen LogP contribution in [0, 0.1) is 6.92 Å². The maximum absolute atomic E-state index is 13.6. The van der Waals surface area contributed by atoms with Gasteiger partial charge in [-0.3, -0.25) is 0 Å². The molecule has 0 amide bonds. The first kappa shape index (κ1) is 22.5. The molecule has 3 nitrogen and oxygen atoms in total. The molecule has 0 heterocycles. The molecule has 0 spiro atoms. The maximum atomic E-state index is 13.6. The van der Waals surface area contributed by atoms with Crippen LogP contribution in [0.4, 0.5) is 0 Å². The molecule has 3 rings (SSSR count). The summed E-state index contributed by atoms with van der Waals surface area (Å²) in [5, 5.41) is 0.796. The number of hydrogen-bond donors (Lipinski definition) is 0. The Morgan fingerprint density at radius 1 is 0.933 bits per heavy atom. The van der Waals surface area contributed by atoms with Gasteiger partial charge in [-0.2, -0.15) is 0 Å². The predicted octanol–water partition coefficient (Wildman–Crippen LogP) is 4.23. The molecule has 0 saturated carbocycles. The number of hydrogen-bond acceptors (Lipinski definition) is 2. The quantitative estimate of drug-likeness (QED) is 0.319. The molecule has 0 aromatic heterocycles. The minimum atomic E-state index is -3.63. The molecule has 3 aromatic rings. The molecule has 0 aliphatic carbocycles. The Kier molecular flexibility index (Phi) is 8.06. The summed E-state index contributed by atoms with van der Waals surface area (Å²) in [6.07, 6.45) is 2.35. The molecule has 0 saturated heterocycles. The Balaban J connectivity index is 1.93. The molecule has 1 unspecified atom stereocenters. The number of rotatable bonds is 10. The van der Waals surface area contributed by atoms with Crippen LogP contribution in [0.3, 0.4) is 0 Å². The third-order valence-corrected chi connectivity index (χ3v) is 9.20. The van der Waals surface area contributed by atoms with Gasteiger partial charge >= 0.3 is 187 Å². The average molecular weight is 485 g/mol. The SMILES string of the molecule is C=CCN(C(C[Se]c1ccccc1)Cc1ccccc1)S(=O)(=O)c1ccc(C)cc1. The third kappa shape index (κ3) is 5.93. The summed E-state index contributed by atoms with van der Waals surface area (Å²) in [6.45, 7) is 6.08. The summed E-state index contributed by atoms with van der Waals surface area (Å²) in [5.41, 5.74) is 2.18. The van der Waals surface area contributed by atoms with E-state index in [0.29, 0.717) is 17.9 Å². The van der Waals surface area contributed by atoms with Crippen LogP contribution < -0.4 is 4.46 Å². The fourth-order valence-electron chi connectivity index (χ4n) is 3.26.